The molecule has 0 aliphatic heterocycles. The first kappa shape index (κ1) is 11.9. The first-order valence-electron chi connectivity index (χ1n) is 6.41. The highest BCUT2D eigenvalue weighted by atomic mass is 15.3. The van der Waals surface area contributed by atoms with Crippen LogP contribution in [0.3, 0.4) is 0 Å². The Kier molecular flexibility index (Phi) is 2.83. The number of rotatable bonds is 3. The molecule has 2 N–H and O–H groups in total. The average Bonchev–Trinajstić information content (AvgIpc) is 3.02. The Morgan fingerprint density at radius 2 is 2.11 bits per heavy atom. The lowest BCUT2D eigenvalue weighted by Gasteiger charge is -2.00. The zero-order valence-corrected chi connectivity index (χ0v) is 11.2. The van der Waals surface area contributed by atoms with Gasteiger partial charge in [-0.3, -0.25) is 4.68 Å². The van der Waals surface area contributed by atoms with Crippen LogP contribution in [0.15, 0.2) is 30.6 Å². The third-order valence-electron chi connectivity index (χ3n) is 3.39. The van der Waals surface area contributed by atoms with E-state index < -0.39 is 0 Å². The molecule has 5 heteroatoms. The molecule has 0 spiro atoms. The number of hydrogen-bond donors (Lipinski definition) is 1. The lowest BCUT2D eigenvalue weighted by molar-refractivity contribution is 0.624. The lowest BCUT2D eigenvalue weighted by Crippen LogP contribution is -2.06. The average molecular weight is 255 g/mol. The Bertz CT molecular complexity index is 701. The number of imidazole rings is 1. The maximum atomic E-state index is 5.73. The summed E-state index contributed by atoms with van der Waals surface area (Å²) >= 11 is 0. The Hall–Kier alpha value is -2.14. The summed E-state index contributed by atoms with van der Waals surface area (Å²) < 4.78 is 3.95. The van der Waals surface area contributed by atoms with Crippen LogP contribution >= 0.6 is 0 Å². The number of hydrogen-bond acceptors (Lipinski definition) is 3. The van der Waals surface area contributed by atoms with Gasteiger partial charge in [0.05, 0.1) is 28.7 Å². The van der Waals surface area contributed by atoms with Crippen molar-refractivity contribution in [3.8, 4) is 11.3 Å². The molecule has 0 aliphatic carbocycles. The van der Waals surface area contributed by atoms with Gasteiger partial charge in [0.15, 0.2) is 0 Å². The van der Waals surface area contributed by atoms with Gasteiger partial charge < -0.3 is 10.3 Å². The van der Waals surface area contributed by atoms with E-state index in [9.17, 15) is 0 Å². The molecular weight excluding hydrogens is 238 g/mol. The van der Waals surface area contributed by atoms with Crippen molar-refractivity contribution in [2.24, 2.45) is 12.8 Å². The smallest absolute Gasteiger partial charge is 0.0955 e. The summed E-state index contributed by atoms with van der Waals surface area (Å²) in [6, 6.07) is 8.27. The molecule has 0 unspecified atom stereocenters. The molecule has 2 aromatic heterocycles. The summed E-state index contributed by atoms with van der Waals surface area (Å²) in [6.07, 6.45) is 1.82. The van der Waals surface area contributed by atoms with Crippen LogP contribution in [0.1, 0.15) is 12.6 Å². The van der Waals surface area contributed by atoms with Gasteiger partial charge in [0.25, 0.3) is 0 Å². The molecule has 0 aliphatic rings. The summed E-state index contributed by atoms with van der Waals surface area (Å²) in [7, 11) is 1.99. The molecule has 0 radical (unpaired) electrons. The van der Waals surface area contributed by atoms with E-state index in [0.717, 1.165) is 34.5 Å². The van der Waals surface area contributed by atoms with Gasteiger partial charge in [-0.05, 0) is 25.1 Å². The Labute approximate surface area is 111 Å². The Morgan fingerprint density at radius 1 is 1.26 bits per heavy atom. The zero-order valence-electron chi connectivity index (χ0n) is 11.2. The molecule has 0 fully saturated rings. The van der Waals surface area contributed by atoms with Crippen molar-refractivity contribution in [1.82, 2.24) is 19.3 Å². The van der Waals surface area contributed by atoms with Crippen LogP contribution < -0.4 is 5.73 Å². The second-order valence-electron chi connectivity index (χ2n) is 4.60. The van der Waals surface area contributed by atoms with Crippen molar-refractivity contribution in [2.75, 3.05) is 0 Å². The van der Waals surface area contributed by atoms with E-state index in [-0.39, 0.29) is 0 Å². The summed E-state index contributed by atoms with van der Waals surface area (Å²) in [5, 5.41) is 4.59. The molecule has 0 bridgehead atoms. The second kappa shape index (κ2) is 4.51. The predicted octanol–water partition coefficient (Wildman–Crippen LogP) is 1.92. The van der Waals surface area contributed by atoms with E-state index in [1.807, 2.05) is 28.7 Å². The van der Waals surface area contributed by atoms with Gasteiger partial charge in [-0.1, -0.05) is 6.07 Å². The van der Waals surface area contributed by atoms with E-state index in [0.29, 0.717) is 6.54 Å². The third kappa shape index (κ3) is 1.92. The van der Waals surface area contributed by atoms with Crippen LogP contribution in [-0.2, 0) is 20.1 Å². The minimum absolute atomic E-state index is 0.507. The van der Waals surface area contributed by atoms with Crippen molar-refractivity contribution in [2.45, 2.75) is 20.0 Å². The molecule has 5 nitrogen and oxygen atoms in total. The van der Waals surface area contributed by atoms with Gasteiger partial charge in [0.1, 0.15) is 0 Å². The molecule has 0 saturated heterocycles. The van der Waals surface area contributed by atoms with Gasteiger partial charge in [-0.25, -0.2) is 4.98 Å². The summed E-state index contributed by atoms with van der Waals surface area (Å²) in [5.41, 5.74) is 10.9. The first-order valence-corrected chi connectivity index (χ1v) is 6.41. The molecule has 0 saturated carbocycles. The highest BCUT2D eigenvalue weighted by molar-refractivity contribution is 5.81. The zero-order chi connectivity index (χ0) is 13.4. The molecule has 1 aromatic carbocycles. The fourth-order valence-corrected chi connectivity index (χ4v) is 2.33. The molecule has 98 valence electrons. The maximum absolute atomic E-state index is 5.73. The van der Waals surface area contributed by atoms with Gasteiger partial charge in [-0.2, -0.15) is 5.10 Å². The SMILES string of the molecule is CCn1nc(-c2ccc3c(c2)ncn3C)cc1CN. The van der Waals surface area contributed by atoms with Gasteiger partial charge in [-0.15, -0.1) is 0 Å². The molecule has 2 heterocycles. The third-order valence-corrected chi connectivity index (χ3v) is 3.39. The molecule has 3 aromatic rings. The van der Waals surface area contributed by atoms with Crippen molar-refractivity contribution in [3.63, 3.8) is 0 Å². The largest absolute Gasteiger partial charge is 0.334 e. The summed E-state index contributed by atoms with van der Waals surface area (Å²) in [4.78, 5) is 4.38. The minimum atomic E-state index is 0.507. The highest BCUT2D eigenvalue weighted by Gasteiger charge is 2.09. The monoisotopic (exact) mass is 255 g/mol. The standard InChI is InChI=1S/C14H17N5/c1-3-19-11(8-15)7-12(17-19)10-4-5-14-13(6-10)16-9-18(14)2/h4-7,9H,3,8,15H2,1-2H3. The second-order valence-corrected chi connectivity index (χ2v) is 4.60. The molecule has 0 amide bonds. The number of aryl methyl sites for hydroxylation is 2. The maximum Gasteiger partial charge on any atom is 0.0955 e. The van der Waals surface area contributed by atoms with Gasteiger partial charge >= 0.3 is 0 Å². The molecule has 19 heavy (non-hydrogen) atoms. The number of benzene rings is 1. The summed E-state index contributed by atoms with van der Waals surface area (Å²) in [5.74, 6) is 0. The number of nitrogens with two attached hydrogens (primary N) is 1. The van der Waals surface area contributed by atoms with Gasteiger partial charge in [0.2, 0.25) is 0 Å². The van der Waals surface area contributed by atoms with Crippen molar-refractivity contribution >= 4 is 11.0 Å². The van der Waals surface area contributed by atoms with Crippen molar-refractivity contribution < 1.29 is 0 Å². The van der Waals surface area contributed by atoms with E-state index in [2.05, 4.69) is 35.2 Å². The fourth-order valence-electron chi connectivity index (χ4n) is 2.33. The van der Waals surface area contributed by atoms with Crippen molar-refractivity contribution in [1.29, 1.82) is 0 Å². The van der Waals surface area contributed by atoms with E-state index in [4.69, 9.17) is 5.73 Å². The van der Waals surface area contributed by atoms with E-state index >= 15 is 0 Å². The Morgan fingerprint density at radius 3 is 2.79 bits per heavy atom. The molecule has 3 rings (SSSR count). The number of aromatic nitrogens is 4. The fraction of sp³-hybridized carbons (Fsp3) is 0.286. The van der Waals surface area contributed by atoms with Crippen LogP contribution in [0.2, 0.25) is 0 Å². The topological polar surface area (TPSA) is 61.7 Å². The lowest BCUT2D eigenvalue weighted by atomic mass is 10.1. The molecule has 0 atom stereocenters. The number of nitrogens with zero attached hydrogens (tertiary/aromatic N) is 4. The van der Waals surface area contributed by atoms with Crippen LogP contribution in [0.4, 0.5) is 0 Å². The van der Waals surface area contributed by atoms with Crippen LogP contribution in [-0.4, -0.2) is 19.3 Å². The minimum Gasteiger partial charge on any atom is -0.334 e. The summed E-state index contributed by atoms with van der Waals surface area (Å²) in [6.45, 7) is 3.41. The first-order chi connectivity index (χ1) is 9.22. The van der Waals surface area contributed by atoms with Crippen LogP contribution in [0.5, 0.6) is 0 Å². The predicted molar refractivity (Wildman–Crippen MR) is 75.5 cm³/mol. The van der Waals surface area contributed by atoms with E-state index in [1.54, 1.807) is 0 Å². The van der Waals surface area contributed by atoms with Crippen LogP contribution in [0, 0.1) is 0 Å². The Balaban J connectivity index is 2.10. The highest BCUT2D eigenvalue weighted by Crippen LogP contribution is 2.23. The van der Waals surface area contributed by atoms with Crippen molar-refractivity contribution in [3.05, 3.63) is 36.3 Å². The quantitative estimate of drug-likeness (QED) is 0.777. The van der Waals surface area contributed by atoms with Gasteiger partial charge in [0, 0.05) is 25.7 Å². The number of fused-ring (bicyclic) bond motifs is 1. The normalized spacial score (nSPS) is 11.3. The molecular formula is C14H17N5. The van der Waals surface area contributed by atoms with E-state index in [1.165, 1.54) is 0 Å². The van der Waals surface area contributed by atoms with Crippen LogP contribution in [0.25, 0.3) is 22.3 Å².